The molecule has 29 heavy (non-hydrogen) atoms. The fourth-order valence-corrected chi connectivity index (χ4v) is 4.26. The molecule has 0 aliphatic carbocycles. The van der Waals surface area contributed by atoms with E-state index in [1.54, 1.807) is 6.07 Å². The SMILES string of the molecule is CN1c2ccccc2[C@H]2C[C@H](NC(=O)C(F)(F)F)CCN2c2ccc(C#N)cc21. The van der Waals surface area contributed by atoms with Crippen LogP contribution in [0.25, 0.3) is 0 Å². The molecular formula is C21H19F3N4O. The van der Waals surface area contributed by atoms with Crippen molar-refractivity contribution in [1.29, 1.82) is 5.26 Å². The maximum atomic E-state index is 12.7. The predicted octanol–water partition coefficient (Wildman–Crippen LogP) is 4.03. The molecule has 0 radical (unpaired) electrons. The Bertz CT molecular complexity index is 998. The highest BCUT2D eigenvalue weighted by molar-refractivity contribution is 5.84. The molecule has 0 aromatic heterocycles. The molecule has 2 heterocycles. The molecule has 4 rings (SSSR count). The van der Waals surface area contributed by atoms with Crippen LogP contribution in [0, 0.1) is 11.3 Å². The molecular weight excluding hydrogens is 381 g/mol. The molecule has 0 unspecified atom stereocenters. The van der Waals surface area contributed by atoms with Crippen LogP contribution >= 0.6 is 0 Å². The van der Waals surface area contributed by atoms with E-state index in [4.69, 9.17) is 0 Å². The fraction of sp³-hybridized carbons (Fsp3) is 0.333. The lowest BCUT2D eigenvalue weighted by atomic mass is 9.90. The van der Waals surface area contributed by atoms with E-state index in [1.807, 2.05) is 48.3 Å². The van der Waals surface area contributed by atoms with Gasteiger partial charge in [0.2, 0.25) is 0 Å². The monoisotopic (exact) mass is 400 g/mol. The van der Waals surface area contributed by atoms with Crippen LogP contribution in [0.3, 0.4) is 0 Å². The molecule has 150 valence electrons. The Morgan fingerprint density at radius 2 is 1.93 bits per heavy atom. The van der Waals surface area contributed by atoms with Crippen molar-refractivity contribution in [3.05, 3.63) is 53.6 Å². The summed E-state index contributed by atoms with van der Waals surface area (Å²) in [6.07, 6.45) is -4.12. The molecule has 1 amide bonds. The van der Waals surface area contributed by atoms with Gasteiger partial charge in [-0.1, -0.05) is 18.2 Å². The van der Waals surface area contributed by atoms with Gasteiger partial charge in [-0.2, -0.15) is 18.4 Å². The number of nitrogens with zero attached hydrogens (tertiary/aromatic N) is 3. The van der Waals surface area contributed by atoms with Crippen LogP contribution in [0.15, 0.2) is 42.5 Å². The molecule has 2 atom stereocenters. The number of piperidine rings is 1. The standard InChI is InChI=1S/C21H19F3N4O/c1-27-16-5-3-2-4-15(16)18-11-14(26-20(29)21(22,23)24)8-9-28(18)17-7-6-13(12-25)10-19(17)27/h2-7,10,14,18H,8-9,11H2,1H3,(H,26,29)/t14-,18-/m1/s1. The second-order valence-corrected chi connectivity index (χ2v) is 7.33. The Balaban J connectivity index is 1.75. The number of hydrogen-bond acceptors (Lipinski definition) is 4. The number of nitrogens with one attached hydrogen (secondary N) is 1. The average molecular weight is 400 g/mol. The van der Waals surface area contributed by atoms with E-state index in [-0.39, 0.29) is 6.04 Å². The summed E-state index contributed by atoms with van der Waals surface area (Å²) in [5.41, 5.74) is 4.25. The minimum Gasteiger partial charge on any atom is -0.363 e. The summed E-state index contributed by atoms with van der Waals surface area (Å²) in [5, 5.41) is 11.4. The summed E-state index contributed by atoms with van der Waals surface area (Å²) < 4.78 is 38.1. The van der Waals surface area contributed by atoms with E-state index in [1.165, 1.54) is 0 Å². The van der Waals surface area contributed by atoms with Gasteiger partial charge in [-0.25, -0.2) is 0 Å². The van der Waals surface area contributed by atoms with Gasteiger partial charge in [0, 0.05) is 25.3 Å². The Kier molecular flexibility index (Phi) is 4.61. The van der Waals surface area contributed by atoms with E-state index in [9.17, 15) is 23.2 Å². The third kappa shape index (κ3) is 3.37. The van der Waals surface area contributed by atoms with Gasteiger partial charge < -0.3 is 15.1 Å². The van der Waals surface area contributed by atoms with Crippen molar-refractivity contribution in [2.45, 2.75) is 31.1 Å². The molecule has 2 aromatic carbocycles. The van der Waals surface area contributed by atoms with Crippen LogP contribution in [0.5, 0.6) is 0 Å². The first-order valence-corrected chi connectivity index (χ1v) is 9.30. The first kappa shape index (κ1) is 19.1. The van der Waals surface area contributed by atoms with Gasteiger partial charge in [-0.3, -0.25) is 4.79 Å². The van der Waals surface area contributed by atoms with E-state index in [0.29, 0.717) is 24.9 Å². The number of fused-ring (bicyclic) bond motifs is 5. The van der Waals surface area contributed by atoms with Crippen molar-refractivity contribution in [3.63, 3.8) is 0 Å². The number of carbonyl (C=O) groups excluding carboxylic acids is 1. The lowest BCUT2D eigenvalue weighted by Gasteiger charge is -2.41. The molecule has 1 fully saturated rings. The molecule has 2 aliphatic rings. The van der Waals surface area contributed by atoms with Crippen molar-refractivity contribution in [2.75, 3.05) is 23.4 Å². The van der Waals surface area contributed by atoms with Crippen LogP contribution in [0.1, 0.15) is 30.0 Å². The minimum atomic E-state index is -4.89. The van der Waals surface area contributed by atoms with E-state index in [2.05, 4.69) is 16.3 Å². The zero-order valence-electron chi connectivity index (χ0n) is 15.7. The lowest BCUT2D eigenvalue weighted by molar-refractivity contribution is -0.174. The van der Waals surface area contributed by atoms with Gasteiger partial charge in [0.25, 0.3) is 0 Å². The quantitative estimate of drug-likeness (QED) is 0.785. The predicted molar refractivity (Wildman–Crippen MR) is 103 cm³/mol. The number of amides is 1. The number of benzene rings is 2. The van der Waals surface area contributed by atoms with Gasteiger partial charge in [-0.15, -0.1) is 0 Å². The number of hydrogen-bond donors (Lipinski definition) is 1. The number of nitriles is 1. The lowest BCUT2D eigenvalue weighted by Crippen LogP contribution is -2.49. The van der Waals surface area contributed by atoms with Crippen LogP contribution in [-0.2, 0) is 4.79 Å². The molecule has 2 aliphatic heterocycles. The van der Waals surface area contributed by atoms with Crippen molar-refractivity contribution >= 4 is 23.0 Å². The summed E-state index contributed by atoms with van der Waals surface area (Å²) in [7, 11) is 1.92. The second kappa shape index (κ2) is 6.99. The van der Waals surface area contributed by atoms with Crippen molar-refractivity contribution in [1.82, 2.24) is 5.32 Å². The summed E-state index contributed by atoms with van der Waals surface area (Å²) in [6.45, 7) is 0.495. The maximum Gasteiger partial charge on any atom is 0.471 e. The van der Waals surface area contributed by atoms with E-state index < -0.39 is 18.1 Å². The zero-order valence-corrected chi connectivity index (χ0v) is 15.7. The van der Waals surface area contributed by atoms with Gasteiger partial charge in [-0.05, 0) is 42.7 Å². The van der Waals surface area contributed by atoms with E-state index >= 15 is 0 Å². The summed E-state index contributed by atoms with van der Waals surface area (Å²) >= 11 is 0. The Hall–Kier alpha value is -3.21. The highest BCUT2D eigenvalue weighted by Crippen LogP contribution is 2.48. The smallest absolute Gasteiger partial charge is 0.363 e. The molecule has 0 saturated carbocycles. The number of halogens is 3. The molecule has 1 saturated heterocycles. The van der Waals surface area contributed by atoms with Crippen LogP contribution < -0.4 is 15.1 Å². The normalized spacial score (nSPS) is 20.7. The number of anilines is 3. The Labute approximate surface area is 166 Å². The highest BCUT2D eigenvalue weighted by atomic mass is 19.4. The van der Waals surface area contributed by atoms with Crippen LogP contribution in [0.2, 0.25) is 0 Å². The number of alkyl halides is 3. The molecule has 2 aromatic rings. The van der Waals surface area contributed by atoms with Crippen molar-refractivity contribution in [2.24, 2.45) is 0 Å². The zero-order chi connectivity index (χ0) is 20.8. The van der Waals surface area contributed by atoms with Gasteiger partial charge in [0.1, 0.15) is 0 Å². The Morgan fingerprint density at radius 3 is 2.66 bits per heavy atom. The van der Waals surface area contributed by atoms with Gasteiger partial charge in [0.05, 0.1) is 29.0 Å². The number of para-hydroxylation sites is 1. The molecule has 5 nitrogen and oxygen atoms in total. The van der Waals surface area contributed by atoms with Gasteiger partial charge in [0.15, 0.2) is 0 Å². The first-order chi connectivity index (χ1) is 13.8. The molecule has 1 N–H and O–H groups in total. The van der Waals surface area contributed by atoms with Crippen LogP contribution in [-0.4, -0.2) is 31.7 Å². The average Bonchev–Trinajstić information content (AvgIpc) is 2.81. The van der Waals surface area contributed by atoms with Gasteiger partial charge >= 0.3 is 12.1 Å². The summed E-state index contributed by atoms with van der Waals surface area (Å²) in [5.74, 6) is -1.89. The second-order valence-electron chi connectivity index (χ2n) is 7.33. The Morgan fingerprint density at radius 1 is 1.17 bits per heavy atom. The topological polar surface area (TPSA) is 59.4 Å². The molecule has 0 spiro atoms. The molecule has 0 bridgehead atoms. The maximum absolute atomic E-state index is 12.7. The number of rotatable bonds is 1. The van der Waals surface area contributed by atoms with E-state index in [0.717, 1.165) is 22.6 Å². The summed E-state index contributed by atoms with van der Waals surface area (Å²) in [4.78, 5) is 15.6. The minimum absolute atomic E-state index is 0.185. The highest BCUT2D eigenvalue weighted by Gasteiger charge is 2.42. The van der Waals surface area contributed by atoms with Crippen molar-refractivity contribution in [3.8, 4) is 6.07 Å². The number of carbonyl (C=O) groups is 1. The summed E-state index contributed by atoms with van der Waals surface area (Å²) in [6, 6.07) is 14.6. The third-order valence-electron chi connectivity index (χ3n) is 5.63. The molecule has 8 heteroatoms. The fourth-order valence-electron chi connectivity index (χ4n) is 4.26. The largest absolute Gasteiger partial charge is 0.471 e. The van der Waals surface area contributed by atoms with Crippen LogP contribution in [0.4, 0.5) is 30.2 Å². The van der Waals surface area contributed by atoms with Crippen molar-refractivity contribution < 1.29 is 18.0 Å². The first-order valence-electron chi connectivity index (χ1n) is 9.30. The third-order valence-corrected chi connectivity index (χ3v) is 5.63.